The maximum absolute atomic E-state index is 12.7. The number of alkyl halides is 3. The Bertz CT molecular complexity index is 1430. The van der Waals surface area contributed by atoms with Crippen molar-refractivity contribution < 1.29 is 30.8 Å². The molecule has 1 aromatic carbocycles. The van der Waals surface area contributed by atoms with Gasteiger partial charge in [-0.2, -0.15) is 17.9 Å². The molecule has 0 saturated heterocycles. The highest BCUT2D eigenvalue weighted by Crippen LogP contribution is 2.29. The number of sulfonamides is 1. The number of aromatic nitrogens is 2. The summed E-state index contributed by atoms with van der Waals surface area (Å²) < 4.78 is 71.2. The number of ketones is 1. The SMILES string of the molecule is C[C@H](NS(=O)(=O)c1cc2ccccc2o1)C(=O)CCc1cc(-c2ccc(C(F)(F)F)nc2)ccn1. The molecule has 3 aromatic heterocycles. The van der Waals surface area contributed by atoms with Crippen LogP contribution in [0.4, 0.5) is 13.2 Å². The lowest BCUT2D eigenvalue weighted by molar-refractivity contribution is -0.141. The summed E-state index contributed by atoms with van der Waals surface area (Å²) in [5, 5.41) is 0.346. The van der Waals surface area contributed by atoms with Gasteiger partial charge in [0.05, 0.1) is 6.04 Å². The van der Waals surface area contributed by atoms with Crippen molar-refractivity contribution in [1.29, 1.82) is 0 Å². The van der Waals surface area contributed by atoms with Gasteiger partial charge in [-0.1, -0.05) is 24.3 Å². The fourth-order valence-corrected chi connectivity index (χ4v) is 4.64. The Kier molecular flexibility index (Phi) is 6.73. The number of carbonyl (C=O) groups is 1. The van der Waals surface area contributed by atoms with Crippen molar-refractivity contribution in [2.24, 2.45) is 0 Å². The highest BCUT2D eigenvalue weighted by atomic mass is 32.2. The summed E-state index contributed by atoms with van der Waals surface area (Å²) in [6, 6.07) is 12.7. The molecule has 0 aliphatic heterocycles. The summed E-state index contributed by atoms with van der Waals surface area (Å²) in [6.07, 6.45) is -1.68. The number of hydrogen-bond donors (Lipinski definition) is 1. The van der Waals surface area contributed by atoms with E-state index < -0.39 is 27.9 Å². The van der Waals surface area contributed by atoms with Gasteiger partial charge in [0.15, 0.2) is 5.78 Å². The van der Waals surface area contributed by atoms with Gasteiger partial charge < -0.3 is 4.42 Å². The Hall–Kier alpha value is -3.57. The predicted octanol–water partition coefficient (Wildman–Crippen LogP) is 4.78. The average molecular weight is 504 g/mol. The molecule has 35 heavy (non-hydrogen) atoms. The number of para-hydroxylation sites is 1. The number of fused-ring (bicyclic) bond motifs is 1. The fraction of sp³-hybridized carbons (Fsp3) is 0.208. The lowest BCUT2D eigenvalue weighted by atomic mass is 10.0. The third-order valence-corrected chi connectivity index (χ3v) is 6.71. The number of rotatable bonds is 8. The molecule has 0 fully saturated rings. The summed E-state index contributed by atoms with van der Waals surface area (Å²) in [5.41, 5.74) is 1.03. The van der Waals surface area contributed by atoms with Crippen molar-refractivity contribution in [2.75, 3.05) is 0 Å². The zero-order valence-electron chi connectivity index (χ0n) is 18.4. The molecule has 0 unspecified atom stereocenters. The summed E-state index contributed by atoms with van der Waals surface area (Å²) in [5.74, 6) is -0.354. The Morgan fingerprint density at radius 3 is 2.51 bits per heavy atom. The topological polar surface area (TPSA) is 102 Å². The van der Waals surface area contributed by atoms with Gasteiger partial charge in [0.1, 0.15) is 11.3 Å². The quantitative estimate of drug-likeness (QED) is 0.371. The second kappa shape index (κ2) is 9.59. The van der Waals surface area contributed by atoms with Crippen LogP contribution < -0.4 is 4.72 Å². The average Bonchev–Trinajstić information content (AvgIpc) is 3.27. The predicted molar refractivity (Wildman–Crippen MR) is 122 cm³/mol. The van der Waals surface area contributed by atoms with E-state index in [1.165, 1.54) is 25.3 Å². The van der Waals surface area contributed by atoms with E-state index in [0.29, 0.717) is 27.8 Å². The molecular weight excluding hydrogens is 483 g/mol. The minimum atomic E-state index is -4.52. The van der Waals surface area contributed by atoms with E-state index in [1.54, 1.807) is 36.4 Å². The van der Waals surface area contributed by atoms with Gasteiger partial charge in [0.2, 0.25) is 5.09 Å². The van der Waals surface area contributed by atoms with Crippen LogP contribution in [0.3, 0.4) is 0 Å². The summed E-state index contributed by atoms with van der Waals surface area (Å²) in [4.78, 5) is 20.2. The molecule has 0 saturated carbocycles. The highest BCUT2D eigenvalue weighted by Gasteiger charge is 2.32. The number of aryl methyl sites for hydroxylation is 1. The number of benzene rings is 1. The number of hydrogen-bond acceptors (Lipinski definition) is 6. The number of halogens is 3. The molecule has 4 aromatic rings. The molecule has 0 bridgehead atoms. The van der Waals surface area contributed by atoms with Gasteiger partial charge in [-0.3, -0.25) is 14.8 Å². The number of nitrogens with zero attached hydrogens (tertiary/aromatic N) is 2. The van der Waals surface area contributed by atoms with E-state index in [4.69, 9.17) is 4.42 Å². The zero-order chi connectivity index (χ0) is 25.2. The minimum Gasteiger partial charge on any atom is -0.443 e. The normalized spacial score (nSPS) is 13.1. The van der Waals surface area contributed by atoms with E-state index in [0.717, 1.165) is 12.3 Å². The molecule has 0 radical (unpaired) electrons. The minimum absolute atomic E-state index is 0.00549. The van der Waals surface area contributed by atoms with Gasteiger partial charge in [-0.05, 0) is 43.2 Å². The van der Waals surface area contributed by atoms with Gasteiger partial charge in [-0.15, -0.1) is 0 Å². The summed E-state index contributed by atoms with van der Waals surface area (Å²) in [7, 11) is -4.05. The highest BCUT2D eigenvalue weighted by molar-refractivity contribution is 7.89. The monoisotopic (exact) mass is 503 g/mol. The van der Waals surface area contributed by atoms with Crippen LogP contribution >= 0.6 is 0 Å². The molecule has 0 amide bonds. The largest absolute Gasteiger partial charge is 0.443 e. The van der Waals surface area contributed by atoms with E-state index in [9.17, 15) is 26.4 Å². The number of nitrogens with one attached hydrogen (secondary N) is 1. The molecule has 1 atom stereocenters. The molecular formula is C24H20F3N3O4S. The molecule has 11 heteroatoms. The Morgan fingerprint density at radius 1 is 1.06 bits per heavy atom. The number of carbonyl (C=O) groups excluding carboxylic acids is 1. The molecule has 0 aliphatic rings. The Labute approximate surface area is 199 Å². The number of pyridine rings is 2. The van der Waals surface area contributed by atoms with Crippen LogP contribution in [0.25, 0.3) is 22.1 Å². The van der Waals surface area contributed by atoms with Gasteiger partial charge >= 0.3 is 6.18 Å². The lowest BCUT2D eigenvalue weighted by Gasteiger charge is -2.12. The van der Waals surface area contributed by atoms with Crippen molar-refractivity contribution >= 4 is 26.8 Å². The van der Waals surface area contributed by atoms with Crippen LogP contribution in [-0.4, -0.2) is 30.2 Å². The Balaban J connectivity index is 1.39. The first kappa shape index (κ1) is 24.6. The van der Waals surface area contributed by atoms with Crippen molar-refractivity contribution in [3.05, 3.63) is 78.4 Å². The first-order chi connectivity index (χ1) is 16.5. The van der Waals surface area contributed by atoms with E-state index in [1.807, 2.05) is 0 Å². The fourth-order valence-electron chi connectivity index (χ4n) is 3.44. The van der Waals surface area contributed by atoms with Gasteiger partial charge in [0.25, 0.3) is 10.0 Å². The molecule has 1 N–H and O–H groups in total. The second-order valence-corrected chi connectivity index (χ2v) is 9.52. The third kappa shape index (κ3) is 5.75. The summed E-state index contributed by atoms with van der Waals surface area (Å²) in [6.45, 7) is 1.44. The van der Waals surface area contributed by atoms with Crippen molar-refractivity contribution in [2.45, 2.75) is 37.1 Å². The number of furan rings is 1. The van der Waals surface area contributed by atoms with Crippen LogP contribution in [-0.2, 0) is 27.4 Å². The second-order valence-electron chi connectivity index (χ2n) is 7.88. The van der Waals surface area contributed by atoms with E-state index >= 15 is 0 Å². The van der Waals surface area contributed by atoms with Crippen LogP contribution in [0.5, 0.6) is 0 Å². The first-order valence-corrected chi connectivity index (χ1v) is 12.0. The maximum Gasteiger partial charge on any atom is 0.433 e. The maximum atomic E-state index is 12.7. The van der Waals surface area contributed by atoms with Gasteiger partial charge in [-0.25, -0.2) is 8.42 Å². The Morgan fingerprint density at radius 2 is 1.83 bits per heavy atom. The molecule has 3 heterocycles. The molecule has 4 rings (SSSR count). The third-order valence-electron chi connectivity index (χ3n) is 5.31. The van der Waals surface area contributed by atoms with E-state index in [-0.39, 0.29) is 23.7 Å². The van der Waals surface area contributed by atoms with Crippen LogP contribution in [0, 0.1) is 0 Å². The van der Waals surface area contributed by atoms with Gasteiger partial charge in [0, 0.05) is 41.5 Å². The smallest absolute Gasteiger partial charge is 0.433 e. The van der Waals surface area contributed by atoms with Crippen LogP contribution in [0.15, 0.2) is 76.5 Å². The first-order valence-electron chi connectivity index (χ1n) is 10.5. The molecule has 182 valence electrons. The zero-order valence-corrected chi connectivity index (χ0v) is 19.2. The van der Waals surface area contributed by atoms with Crippen molar-refractivity contribution in [3.63, 3.8) is 0 Å². The van der Waals surface area contributed by atoms with Crippen molar-refractivity contribution in [3.8, 4) is 11.1 Å². The summed E-state index contributed by atoms with van der Waals surface area (Å²) >= 11 is 0. The molecule has 0 aliphatic carbocycles. The molecule has 7 nitrogen and oxygen atoms in total. The number of Topliss-reactive ketones (excluding diaryl/α,β-unsaturated/α-hetero) is 1. The van der Waals surface area contributed by atoms with Crippen molar-refractivity contribution in [1.82, 2.24) is 14.7 Å². The van der Waals surface area contributed by atoms with Crippen LogP contribution in [0.1, 0.15) is 24.7 Å². The van der Waals surface area contributed by atoms with E-state index in [2.05, 4.69) is 14.7 Å². The standard InChI is InChI=1S/C24H20F3N3O4S/c1-15(30-35(32,33)23-13-17-4-2-3-5-21(17)34-23)20(31)8-7-19-12-16(10-11-28-19)18-6-9-22(29-14-18)24(25,26)27/h2-6,9-15,30H,7-8H2,1H3/t15-/m0/s1. The lowest BCUT2D eigenvalue weighted by Crippen LogP contribution is -2.38. The molecule has 0 spiro atoms. The van der Waals surface area contributed by atoms with Crippen LogP contribution in [0.2, 0.25) is 0 Å².